The smallest absolute Gasteiger partial charge is 0.222 e. The summed E-state index contributed by atoms with van der Waals surface area (Å²) < 4.78 is 0.895. The number of ketones is 1. The third-order valence-corrected chi connectivity index (χ3v) is 1.22. The second-order valence-corrected chi connectivity index (χ2v) is 2.02. The lowest BCUT2D eigenvalue weighted by Crippen LogP contribution is -2.28. The van der Waals surface area contributed by atoms with E-state index < -0.39 is 0 Å². The molecular formula is C7H8NO2+. The van der Waals surface area contributed by atoms with Gasteiger partial charge in [0.1, 0.15) is 0 Å². The van der Waals surface area contributed by atoms with Gasteiger partial charge in [-0.05, 0) is 6.92 Å². The minimum atomic E-state index is 0.000556. The summed E-state index contributed by atoms with van der Waals surface area (Å²) in [4.78, 5) is 10.7. The van der Waals surface area contributed by atoms with Gasteiger partial charge in [-0.25, -0.2) is 0 Å². The summed E-state index contributed by atoms with van der Waals surface area (Å²) in [5.41, 5.74) is 0.602. The van der Waals surface area contributed by atoms with E-state index in [1.54, 1.807) is 12.1 Å². The molecule has 0 amide bonds. The molecule has 10 heavy (non-hydrogen) atoms. The molecule has 1 aromatic heterocycles. The van der Waals surface area contributed by atoms with Crippen molar-refractivity contribution < 1.29 is 14.7 Å². The molecule has 0 saturated heterocycles. The number of hydrogen-bond acceptors (Lipinski definition) is 2. The van der Waals surface area contributed by atoms with Crippen molar-refractivity contribution in [2.75, 3.05) is 0 Å². The summed E-state index contributed by atoms with van der Waals surface area (Å²) in [6, 6.07) is 3.12. The Bertz CT molecular complexity index is 240. The molecule has 3 heteroatoms. The molecule has 0 aliphatic carbocycles. The molecule has 0 radical (unpaired) electrons. The van der Waals surface area contributed by atoms with Gasteiger partial charge in [-0.1, -0.05) is 0 Å². The van der Waals surface area contributed by atoms with E-state index in [0.29, 0.717) is 5.56 Å². The Morgan fingerprint density at radius 3 is 2.40 bits per heavy atom. The molecule has 0 fully saturated rings. The van der Waals surface area contributed by atoms with Gasteiger partial charge in [0.15, 0.2) is 5.78 Å². The molecular weight excluding hydrogens is 130 g/mol. The second-order valence-electron chi connectivity index (χ2n) is 2.02. The van der Waals surface area contributed by atoms with E-state index in [0.717, 1.165) is 4.73 Å². The summed E-state index contributed by atoms with van der Waals surface area (Å²) >= 11 is 0. The van der Waals surface area contributed by atoms with Crippen LogP contribution < -0.4 is 4.73 Å². The van der Waals surface area contributed by atoms with Crippen molar-refractivity contribution in [1.29, 1.82) is 0 Å². The largest absolute Gasteiger partial charge is 0.295 e. The standard InChI is InChI=1S/C7H8NO2/c1-6(9)7-2-4-8(10)5-3-7/h2-5,10H,1H3/q+1. The zero-order valence-corrected chi connectivity index (χ0v) is 5.61. The van der Waals surface area contributed by atoms with Crippen molar-refractivity contribution in [1.82, 2.24) is 0 Å². The second kappa shape index (κ2) is 2.47. The Balaban J connectivity index is 3.00. The third-order valence-electron chi connectivity index (χ3n) is 1.22. The maximum Gasteiger partial charge on any atom is 0.222 e. The summed E-state index contributed by atoms with van der Waals surface area (Å²) in [6.45, 7) is 1.48. The summed E-state index contributed by atoms with van der Waals surface area (Å²) in [5, 5.41) is 8.74. The predicted molar refractivity (Wildman–Crippen MR) is 33.8 cm³/mol. The Morgan fingerprint density at radius 2 is 2.00 bits per heavy atom. The highest BCUT2D eigenvalue weighted by atomic mass is 16.5. The molecule has 1 rings (SSSR count). The van der Waals surface area contributed by atoms with Gasteiger partial charge in [-0.15, -0.1) is 0 Å². The van der Waals surface area contributed by atoms with Crippen LogP contribution in [0.4, 0.5) is 0 Å². The van der Waals surface area contributed by atoms with Crippen LogP contribution in [0.1, 0.15) is 17.3 Å². The summed E-state index contributed by atoms with van der Waals surface area (Å²) in [5.74, 6) is 0.000556. The maximum absolute atomic E-state index is 10.7. The van der Waals surface area contributed by atoms with Crippen LogP contribution in [-0.4, -0.2) is 11.0 Å². The molecule has 3 nitrogen and oxygen atoms in total. The van der Waals surface area contributed by atoms with Gasteiger partial charge >= 0.3 is 0 Å². The van der Waals surface area contributed by atoms with E-state index in [2.05, 4.69) is 0 Å². The van der Waals surface area contributed by atoms with Gasteiger partial charge in [0.25, 0.3) is 0 Å². The lowest BCUT2D eigenvalue weighted by Gasteiger charge is -1.88. The topological polar surface area (TPSA) is 41.2 Å². The molecule has 0 unspecified atom stereocenters. The van der Waals surface area contributed by atoms with Gasteiger partial charge in [0.2, 0.25) is 12.4 Å². The van der Waals surface area contributed by atoms with Crippen LogP contribution >= 0.6 is 0 Å². The molecule has 1 heterocycles. The van der Waals surface area contributed by atoms with Gasteiger partial charge in [0, 0.05) is 22.4 Å². The third kappa shape index (κ3) is 1.31. The van der Waals surface area contributed by atoms with Crippen LogP contribution in [-0.2, 0) is 0 Å². The highest BCUT2D eigenvalue weighted by Gasteiger charge is 2.00. The molecule has 0 bridgehead atoms. The average molecular weight is 138 g/mol. The zero-order chi connectivity index (χ0) is 7.56. The molecule has 1 N–H and O–H groups in total. The number of carbonyl (C=O) groups is 1. The fourth-order valence-corrected chi connectivity index (χ4v) is 0.653. The van der Waals surface area contributed by atoms with Crippen LogP contribution in [0.25, 0.3) is 0 Å². The number of carbonyl (C=O) groups excluding carboxylic acids is 1. The fraction of sp³-hybridized carbons (Fsp3) is 0.143. The van der Waals surface area contributed by atoms with Crippen molar-refractivity contribution in [3.05, 3.63) is 30.1 Å². The first-order chi connectivity index (χ1) is 4.70. The molecule has 0 spiro atoms. The molecule has 0 aliphatic heterocycles. The molecule has 52 valence electrons. The normalized spacial score (nSPS) is 9.30. The Labute approximate surface area is 58.5 Å². The zero-order valence-electron chi connectivity index (χ0n) is 5.61. The van der Waals surface area contributed by atoms with E-state index in [1.807, 2.05) is 0 Å². The van der Waals surface area contributed by atoms with Crippen LogP contribution in [0.3, 0.4) is 0 Å². The van der Waals surface area contributed by atoms with E-state index in [4.69, 9.17) is 5.21 Å². The van der Waals surface area contributed by atoms with Crippen molar-refractivity contribution in [3.63, 3.8) is 0 Å². The first-order valence-electron chi connectivity index (χ1n) is 2.91. The minimum absolute atomic E-state index is 0.000556. The molecule has 1 aromatic rings. The molecule has 0 atom stereocenters. The lowest BCUT2D eigenvalue weighted by molar-refractivity contribution is -0.904. The number of Topliss-reactive ketones (excluding diaryl/α,β-unsaturated/α-hetero) is 1. The monoisotopic (exact) mass is 138 g/mol. The Morgan fingerprint density at radius 1 is 1.50 bits per heavy atom. The van der Waals surface area contributed by atoms with Crippen LogP contribution in [0.5, 0.6) is 0 Å². The van der Waals surface area contributed by atoms with Crippen molar-refractivity contribution >= 4 is 5.78 Å². The lowest BCUT2D eigenvalue weighted by atomic mass is 10.2. The fourth-order valence-electron chi connectivity index (χ4n) is 0.653. The molecule has 0 aliphatic rings. The first-order valence-corrected chi connectivity index (χ1v) is 2.91. The van der Waals surface area contributed by atoms with Crippen molar-refractivity contribution in [3.8, 4) is 0 Å². The van der Waals surface area contributed by atoms with Crippen LogP contribution in [0.15, 0.2) is 24.5 Å². The quantitative estimate of drug-likeness (QED) is 0.347. The van der Waals surface area contributed by atoms with Crippen molar-refractivity contribution in [2.24, 2.45) is 0 Å². The number of rotatable bonds is 1. The summed E-state index contributed by atoms with van der Waals surface area (Å²) in [6.07, 6.45) is 2.83. The first kappa shape index (κ1) is 6.74. The summed E-state index contributed by atoms with van der Waals surface area (Å²) in [7, 11) is 0. The highest BCUT2D eigenvalue weighted by Crippen LogP contribution is 1.94. The van der Waals surface area contributed by atoms with Gasteiger partial charge in [-0.2, -0.15) is 0 Å². The van der Waals surface area contributed by atoms with E-state index >= 15 is 0 Å². The predicted octanol–water partition coefficient (Wildman–Crippen LogP) is 0.414. The van der Waals surface area contributed by atoms with E-state index in [9.17, 15) is 4.79 Å². The number of pyridine rings is 1. The van der Waals surface area contributed by atoms with Gasteiger partial charge < -0.3 is 0 Å². The van der Waals surface area contributed by atoms with E-state index in [-0.39, 0.29) is 5.78 Å². The highest BCUT2D eigenvalue weighted by molar-refractivity contribution is 5.93. The van der Waals surface area contributed by atoms with Crippen molar-refractivity contribution in [2.45, 2.75) is 6.92 Å². The molecule has 0 aromatic carbocycles. The molecule has 0 saturated carbocycles. The van der Waals surface area contributed by atoms with Gasteiger partial charge in [0.05, 0.1) is 0 Å². The van der Waals surface area contributed by atoms with Crippen LogP contribution in [0, 0.1) is 0 Å². The maximum atomic E-state index is 10.7. The SMILES string of the molecule is CC(=O)c1cc[n+](O)cc1. The van der Waals surface area contributed by atoms with E-state index in [1.165, 1.54) is 19.3 Å². The number of hydrogen-bond donors (Lipinski definition) is 1. The Hall–Kier alpha value is -1.38. The average Bonchev–Trinajstić information content (AvgIpc) is 1.88. The van der Waals surface area contributed by atoms with Crippen LogP contribution in [0.2, 0.25) is 0 Å². The Kier molecular flexibility index (Phi) is 1.67. The number of nitrogens with zero attached hydrogens (tertiary/aromatic N) is 1. The minimum Gasteiger partial charge on any atom is -0.295 e. The van der Waals surface area contributed by atoms with Gasteiger partial charge in [-0.3, -0.25) is 10.0 Å². The number of aromatic nitrogens is 1.